The summed E-state index contributed by atoms with van der Waals surface area (Å²) in [5.41, 5.74) is 8.14. The van der Waals surface area contributed by atoms with E-state index in [1.807, 2.05) is 26.8 Å². The first-order valence-electron chi connectivity index (χ1n) is 8.65. The molecule has 0 atom stereocenters. The van der Waals surface area contributed by atoms with Gasteiger partial charge in [0, 0.05) is 11.9 Å². The van der Waals surface area contributed by atoms with Gasteiger partial charge in [0.15, 0.2) is 0 Å². The minimum absolute atomic E-state index is 0.294. The highest BCUT2D eigenvalue weighted by molar-refractivity contribution is 5.83. The van der Waals surface area contributed by atoms with Gasteiger partial charge in [-0.15, -0.1) is 10.2 Å². The van der Waals surface area contributed by atoms with Crippen LogP contribution in [0.15, 0.2) is 48.7 Å². The number of phenolic OH excluding ortho intramolecular Hbond substituents is 1. The van der Waals surface area contributed by atoms with E-state index < -0.39 is 0 Å². The number of hydrogen-bond acceptors (Lipinski definition) is 5. The van der Waals surface area contributed by atoms with Crippen LogP contribution in [0.2, 0.25) is 0 Å². The van der Waals surface area contributed by atoms with Crippen molar-refractivity contribution in [1.29, 1.82) is 0 Å². The highest BCUT2D eigenvalue weighted by Crippen LogP contribution is 2.35. The molecule has 0 spiro atoms. The number of phenols is 1. The Morgan fingerprint density at radius 1 is 0.852 bits per heavy atom. The molecule has 4 aromatic rings. The highest BCUT2D eigenvalue weighted by Gasteiger charge is 2.15. The molecule has 0 fully saturated rings. The van der Waals surface area contributed by atoms with Crippen molar-refractivity contribution in [3.63, 3.8) is 0 Å². The van der Waals surface area contributed by atoms with Gasteiger partial charge in [-0.1, -0.05) is 24.3 Å². The Morgan fingerprint density at radius 2 is 1.52 bits per heavy atom. The summed E-state index contributed by atoms with van der Waals surface area (Å²) in [6.45, 7) is 5.96. The maximum Gasteiger partial charge on any atom is 0.207 e. The Balaban J connectivity index is 1.80. The van der Waals surface area contributed by atoms with Crippen LogP contribution in [0.25, 0.3) is 33.6 Å². The minimum Gasteiger partial charge on any atom is -0.508 e. The number of pyridine rings is 1. The fourth-order valence-corrected chi connectivity index (χ4v) is 3.57. The number of nitrogens with one attached hydrogen (secondary N) is 1. The number of nitrogens with zero attached hydrogens (tertiary/aromatic N) is 4. The zero-order valence-corrected chi connectivity index (χ0v) is 15.4. The topological polar surface area (TPSA) is 87.6 Å². The quantitative estimate of drug-likeness (QED) is 0.573. The van der Waals surface area contributed by atoms with Crippen molar-refractivity contribution in [2.24, 2.45) is 0 Å². The Bertz CT molecular complexity index is 1080. The molecule has 0 saturated heterocycles. The molecule has 134 valence electrons. The molecule has 0 saturated carbocycles. The minimum atomic E-state index is 0.294. The van der Waals surface area contributed by atoms with Crippen LogP contribution in [0.5, 0.6) is 5.75 Å². The van der Waals surface area contributed by atoms with Crippen molar-refractivity contribution in [3.05, 3.63) is 65.5 Å². The summed E-state index contributed by atoms with van der Waals surface area (Å²) in [5.74, 6) is 0.826. The van der Waals surface area contributed by atoms with Gasteiger partial charge in [-0.3, -0.25) is 4.98 Å². The van der Waals surface area contributed by atoms with Crippen LogP contribution in [-0.4, -0.2) is 30.7 Å². The van der Waals surface area contributed by atoms with Gasteiger partial charge in [0.1, 0.15) is 5.75 Å². The molecular formula is C21H19N5O. The number of aromatic nitrogens is 5. The highest BCUT2D eigenvalue weighted by atomic mass is 16.3. The standard InChI is InChI=1S/C21H19N5O/c1-12-10-17(27)11-13(2)19(12)16-6-4-15(5-7-16)18-8-9-22-14(3)20(18)21-23-25-26-24-21/h4-11,27H,1-3H3,(H,23,24,25,26). The van der Waals surface area contributed by atoms with Gasteiger partial charge in [0.05, 0.1) is 5.56 Å². The number of aromatic hydroxyl groups is 1. The Morgan fingerprint density at radius 3 is 2.15 bits per heavy atom. The van der Waals surface area contributed by atoms with Crippen molar-refractivity contribution in [1.82, 2.24) is 25.6 Å². The van der Waals surface area contributed by atoms with Gasteiger partial charge >= 0.3 is 0 Å². The van der Waals surface area contributed by atoms with E-state index in [9.17, 15) is 5.11 Å². The molecule has 4 rings (SSSR count). The number of H-pyrrole nitrogens is 1. The molecule has 0 aliphatic rings. The van der Waals surface area contributed by atoms with Gasteiger partial charge in [-0.25, -0.2) is 0 Å². The van der Waals surface area contributed by atoms with E-state index >= 15 is 0 Å². The Kier molecular flexibility index (Phi) is 4.16. The summed E-state index contributed by atoms with van der Waals surface area (Å²) < 4.78 is 0. The molecule has 2 aromatic carbocycles. The largest absolute Gasteiger partial charge is 0.508 e. The maximum absolute atomic E-state index is 9.78. The zero-order chi connectivity index (χ0) is 19.0. The maximum atomic E-state index is 9.78. The summed E-state index contributed by atoms with van der Waals surface area (Å²) in [5, 5.41) is 24.2. The van der Waals surface area contributed by atoms with Crippen molar-refractivity contribution in [2.75, 3.05) is 0 Å². The molecule has 2 heterocycles. The van der Waals surface area contributed by atoms with Crippen LogP contribution >= 0.6 is 0 Å². The monoisotopic (exact) mass is 357 g/mol. The van der Waals surface area contributed by atoms with Crippen molar-refractivity contribution >= 4 is 0 Å². The molecule has 0 bridgehead atoms. The number of rotatable bonds is 3. The molecule has 2 N–H and O–H groups in total. The summed E-state index contributed by atoms with van der Waals surface area (Å²) in [4.78, 5) is 4.37. The summed E-state index contributed by atoms with van der Waals surface area (Å²) in [6.07, 6.45) is 1.79. The van der Waals surface area contributed by atoms with Gasteiger partial charge in [-0.05, 0) is 77.6 Å². The molecular weight excluding hydrogens is 338 g/mol. The molecule has 0 aliphatic heterocycles. The van der Waals surface area contributed by atoms with Crippen LogP contribution in [0.1, 0.15) is 16.8 Å². The summed E-state index contributed by atoms with van der Waals surface area (Å²) in [6, 6.07) is 13.9. The summed E-state index contributed by atoms with van der Waals surface area (Å²) >= 11 is 0. The third-order valence-corrected chi connectivity index (χ3v) is 4.71. The van der Waals surface area contributed by atoms with Gasteiger partial charge in [0.25, 0.3) is 0 Å². The molecule has 6 nitrogen and oxygen atoms in total. The Hall–Kier alpha value is -3.54. The lowest BCUT2D eigenvalue weighted by Crippen LogP contribution is -1.94. The van der Waals surface area contributed by atoms with E-state index in [1.165, 1.54) is 0 Å². The van der Waals surface area contributed by atoms with E-state index in [4.69, 9.17) is 0 Å². The Labute approximate surface area is 156 Å². The predicted molar refractivity (Wildman–Crippen MR) is 104 cm³/mol. The van der Waals surface area contributed by atoms with Gasteiger partial charge in [-0.2, -0.15) is 5.21 Å². The average Bonchev–Trinajstić information content (AvgIpc) is 3.15. The molecule has 0 amide bonds. The van der Waals surface area contributed by atoms with Crippen molar-refractivity contribution < 1.29 is 5.11 Å². The average molecular weight is 357 g/mol. The van der Waals surface area contributed by atoms with Crippen LogP contribution in [0, 0.1) is 20.8 Å². The van der Waals surface area contributed by atoms with Crippen molar-refractivity contribution in [2.45, 2.75) is 20.8 Å². The number of aryl methyl sites for hydroxylation is 3. The zero-order valence-electron chi connectivity index (χ0n) is 15.4. The van der Waals surface area contributed by atoms with Crippen LogP contribution in [0.4, 0.5) is 0 Å². The van der Waals surface area contributed by atoms with E-state index in [0.717, 1.165) is 44.6 Å². The van der Waals surface area contributed by atoms with E-state index in [1.54, 1.807) is 18.3 Å². The number of benzene rings is 2. The SMILES string of the molecule is Cc1cc(O)cc(C)c1-c1ccc(-c2ccnc(C)c2-c2nn[nH]n2)cc1. The van der Waals surface area contributed by atoms with Crippen molar-refractivity contribution in [3.8, 4) is 39.4 Å². The van der Waals surface area contributed by atoms with Gasteiger partial charge in [0.2, 0.25) is 5.82 Å². The first-order chi connectivity index (χ1) is 13.0. The molecule has 6 heteroatoms. The third-order valence-electron chi connectivity index (χ3n) is 4.71. The fraction of sp³-hybridized carbons (Fsp3) is 0.143. The predicted octanol–water partition coefficient (Wildman–Crippen LogP) is 4.23. The van der Waals surface area contributed by atoms with Crippen LogP contribution in [0.3, 0.4) is 0 Å². The van der Waals surface area contributed by atoms with E-state index in [2.05, 4.69) is 49.9 Å². The first-order valence-corrected chi connectivity index (χ1v) is 8.65. The molecule has 0 unspecified atom stereocenters. The lowest BCUT2D eigenvalue weighted by molar-refractivity contribution is 0.474. The second-order valence-corrected chi connectivity index (χ2v) is 6.59. The van der Waals surface area contributed by atoms with E-state index in [0.29, 0.717) is 11.6 Å². The fourth-order valence-electron chi connectivity index (χ4n) is 3.57. The molecule has 27 heavy (non-hydrogen) atoms. The smallest absolute Gasteiger partial charge is 0.207 e. The normalized spacial score (nSPS) is 10.9. The lowest BCUT2D eigenvalue weighted by atomic mass is 9.92. The molecule has 0 radical (unpaired) electrons. The molecule has 0 aliphatic carbocycles. The second kappa shape index (κ2) is 6.64. The van der Waals surface area contributed by atoms with Crippen LogP contribution in [-0.2, 0) is 0 Å². The van der Waals surface area contributed by atoms with Gasteiger partial charge < -0.3 is 5.11 Å². The number of tetrazole rings is 1. The first kappa shape index (κ1) is 16.9. The summed E-state index contributed by atoms with van der Waals surface area (Å²) in [7, 11) is 0. The van der Waals surface area contributed by atoms with E-state index in [-0.39, 0.29) is 0 Å². The van der Waals surface area contributed by atoms with Crippen LogP contribution < -0.4 is 0 Å². The second-order valence-electron chi connectivity index (χ2n) is 6.59. The molecule has 2 aromatic heterocycles. The lowest BCUT2D eigenvalue weighted by Gasteiger charge is -2.13. The number of aromatic amines is 1. The number of hydrogen-bond donors (Lipinski definition) is 2. The third kappa shape index (κ3) is 3.06.